The zero-order chi connectivity index (χ0) is 18.9. The van der Waals surface area contributed by atoms with E-state index in [2.05, 4.69) is 10.3 Å². The van der Waals surface area contributed by atoms with Gasteiger partial charge < -0.3 is 19.5 Å². The highest BCUT2D eigenvalue weighted by Gasteiger charge is 2.07. The van der Waals surface area contributed by atoms with Gasteiger partial charge >= 0.3 is 5.97 Å². The molecular formula is C20H20N2O4S. The molecule has 1 N–H and O–H groups in total. The Morgan fingerprint density at radius 1 is 1.07 bits per heavy atom. The fourth-order valence-corrected chi connectivity index (χ4v) is 2.94. The van der Waals surface area contributed by atoms with E-state index in [1.54, 1.807) is 31.4 Å². The molecule has 7 heteroatoms. The van der Waals surface area contributed by atoms with Crippen LogP contribution in [0.4, 0.5) is 10.8 Å². The number of ether oxygens (including phenoxy) is 3. The normalized spacial score (nSPS) is 10.3. The molecule has 0 fully saturated rings. The number of thiazole rings is 1. The molecule has 6 nitrogen and oxygen atoms in total. The van der Waals surface area contributed by atoms with Crippen LogP contribution >= 0.6 is 11.3 Å². The predicted molar refractivity (Wildman–Crippen MR) is 105 cm³/mol. The number of methoxy groups -OCH3 is 1. The van der Waals surface area contributed by atoms with Crippen molar-refractivity contribution in [3.8, 4) is 11.5 Å². The van der Waals surface area contributed by atoms with Crippen LogP contribution in [0.15, 0.2) is 60.0 Å². The third kappa shape index (κ3) is 6.00. The van der Waals surface area contributed by atoms with E-state index < -0.39 is 0 Å². The summed E-state index contributed by atoms with van der Waals surface area (Å²) in [6.07, 6.45) is 0.172. The monoisotopic (exact) mass is 384 g/mol. The highest BCUT2D eigenvalue weighted by Crippen LogP contribution is 2.21. The van der Waals surface area contributed by atoms with Crippen molar-refractivity contribution in [3.05, 3.63) is 65.7 Å². The molecule has 3 rings (SSSR count). The summed E-state index contributed by atoms with van der Waals surface area (Å²) in [5, 5.41) is 5.84. The van der Waals surface area contributed by atoms with Crippen molar-refractivity contribution in [2.24, 2.45) is 0 Å². The van der Waals surface area contributed by atoms with E-state index in [1.165, 1.54) is 11.3 Å². The number of esters is 1. The maximum atomic E-state index is 11.8. The first-order valence-corrected chi connectivity index (χ1v) is 9.30. The van der Waals surface area contributed by atoms with Crippen LogP contribution in [0.1, 0.15) is 12.1 Å². The van der Waals surface area contributed by atoms with Crippen LogP contribution in [0.3, 0.4) is 0 Å². The molecule has 1 aromatic heterocycles. The smallest absolute Gasteiger partial charge is 0.309 e. The van der Waals surface area contributed by atoms with E-state index >= 15 is 0 Å². The van der Waals surface area contributed by atoms with Crippen molar-refractivity contribution in [2.45, 2.75) is 13.0 Å². The molecule has 0 spiro atoms. The van der Waals surface area contributed by atoms with Crippen molar-refractivity contribution in [2.75, 3.05) is 19.0 Å². The lowest BCUT2D eigenvalue weighted by atomic mass is 10.3. The first kappa shape index (κ1) is 18.7. The van der Waals surface area contributed by atoms with E-state index in [0.29, 0.717) is 11.4 Å². The summed E-state index contributed by atoms with van der Waals surface area (Å²) in [5.74, 6) is 1.11. The molecule has 140 valence electrons. The number of hydrogen-bond donors (Lipinski definition) is 1. The maximum Gasteiger partial charge on any atom is 0.309 e. The number of anilines is 2. The van der Waals surface area contributed by atoms with E-state index in [9.17, 15) is 4.79 Å². The number of carbonyl (C=O) groups is 1. The quantitative estimate of drug-likeness (QED) is 0.551. The number of carbonyl (C=O) groups excluding carboxylic acids is 1. The number of aromatic nitrogens is 1. The predicted octanol–water partition coefficient (Wildman–Crippen LogP) is 4.41. The summed E-state index contributed by atoms with van der Waals surface area (Å²) in [4.78, 5) is 16.3. The Morgan fingerprint density at radius 2 is 1.81 bits per heavy atom. The zero-order valence-electron chi connectivity index (χ0n) is 14.9. The van der Waals surface area contributed by atoms with Crippen molar-refractivity contribution >= 4 is 28.1 Å². The standard InChI is InChI=1S/C20H20N2O4S/c1-24-17-7-9-18(10-8-17)25-12-11-19(23)26-13-16-14-27-20(22-16)21-15-5-3-2-4-6-15/h2-10,14H,11-13H2,1H3,(H,21,22). The molecule has 0 atom stereocenters. The lowest BCUT2D eigenvalue weighted by Crippen LogP contribution is -2.10. The number of hydrogen-bond acceptors (Lipinski definition) is 7. The van der Waals surface area contributed by atoms with Crippen molar-refractivity contribution < 1.29 is 19.0 Å². The molecule has 0 aliphatic heterocycles. The van der Waals surface area contributed by atoms with E-state index in [1.807, 2.05) is 35.7 Å². The highest BCUT2D eigenvalue weighted by atomic mass is 32.1. The van der Waals surface area contributed by atoms with Gasteiger partial charge in [-0.15, -0.1) is 11.3 Å². The summed E-state index contributed by atoms with van der Waals surface area (Å²) in [6, 6.07) is 17.0. The van der Waals surface area contributed by atoms with Crippen LogP contribution in [0.5, 0.6) is 11.5 Å². The molecule has 0 saturated heterocycles. The summed E-state index contributed by atoms with van der Waals surface area (Å²) in [5.41, 5.74) is 1.67. The average molecular weight is 384 g/mol. The first-order valence-electron chi connectivity index (χ1n) is 8.42. The number of para-hydroxylation sites is 1. The van der Waals surface area contributed by atoms with Gasteiger partial charge in [0.1, 0.15) is 18.1 Å². The molecule has 27 heavy (non-hydrogen) atoms. The van der Waals surface area contributed by atoms with E-state index in [4.69, 9.17) is 14.2 Å². The minimum absolute atomic E-state index is 0.147. The van der Waals surface area contributed by atoms with Crippen molar-refractivity contribution in [1.29, 1.82) is 0 Å². The van der Waals surface area contributed by atoms with Gasteiger partial charge in [0.2, 0.25) is 0 Å². The summed E-state index contributed by atoms with van der Waals surface area (Å²) in [7, 11) is 1.61. The lowest BCUT2D eigenvalue weighted by molar-refractivity contribution is -0.145. The second kappa shape index (κ2) is 9.59. The van der Waals surface area contributed by atoms with Crippen molar-refractivity contribution in [3.63, 3.8) is 0 Å². The van der Waals surface area contributed by atoms with Crippen molar-refractivity contribution in [1.82, 2.24) is 4.98 Å². The van der Waals surface area contributed by atoms with Crippen LogP contribution in [0.2, 0.25) is 0 Å². The van der Waals surface area contributed by atoms with Crippen LogP contribution in [0.25, 0.3) is 0 Å². The van der Waals surface area contributed by atoms with E-state index in [0.717, 1.165) is 16.6 Å². The SMILES string of the molecule is COc1ccc(OCCC(=O)OCc2csc(Nc3ccccc3)n2)cc1. The minimum atomic E-state index is -0.325. The number of benzene rings is 2. The van der Waals surface area contributed by atoms with Gasteiger partial charge in [0.25, 0.3) is 0 Å². The topological polar surface area (TPSA) is 69.7 Å². The lowest BCUT2D eigenvalue weighted by Gasteiger charge is -2.07. The van der Waals surface area contributed by atoms with Gasteiger partial charge in [0, 0.05) is 11.1 Å². The van der Waals surface area contributed by atoms with Gasteiger partial charge in [-0.3, -0.25) is 4.79 Å². The largest absolute Gasteiger partial charge is 0.497 e. The van der Waals surface area contributed by atoms with E-state index in [-0.39, 0.29) is 25.6 Å². The molecule has 0 amide bonds. The number of nitrogens with zero attached hydrogens (tertiary/aromatic N) is 1. The molecular weight excluding hydrogens is 364 g/mol. The fraction of sp³-hybridized carbons (Fsp3) is 0.200. The number of rotatable bonds is 9. The van der Waals surface area contributed by atoms with Gasteiger partial charge in [-0.25, -0.2) is 4.98 Å². The third-order valence-corrected chi connectivity index (χ3v) is 4.40. The van der Waals surface area contributed by atoms with Crippen LogP contribution in [-0.4, -0.2) is 24.7 Å². The summed E-state index contributed by atoms with van der Waals surface area (Å²) < 4.78 is 15.8. The molecule has 2 aromatic carbocycles. The molecule has 3 aromatic rings. The van der Waals surface area contributed by atoms with Gasteiger partial charge in [-0.1, -0.05) is 18.2 Å². The minimum Gasteiger partial charge on any atom is -0.497 e. The zero-order valence-corrected chi connectivity index (χ0v) is 15.7. The van der Waals surface area contributed by atoms with Gasteiger partial charge in [-0.2, -0.15) is 0 Å². The Hall–Kier alpha value is -3.06. The summed E-state index contributed by atoms with van der Waals surface area (Å²) in [6.45, 7) is 0.400. The Bertz CT molecular complexity index is 850. The highest BCUT2D eigenvalue weighted by molar-refractivity contribution is 7.13. The molecule has 0 saturated carbocycles. The molecule has 0 aliphatic rings. The van der Waals surface area contributed by atoms with Gasteiger partial charge in [0.05, 0.1) is 25.8 Å². The van der Waals surface area contributed by atoms with Crippen LogP contribution in [-0.2, 0) is 16.1 Å². The Morgan fingerprint density at radius 3 is 2.56 bits per heavy atom. The average Bonchev–Trinajstić information content (AvgIpc) is 3.15. The van der Waals surface area contributed by atoms with Crippen LogP contribution < -0.4 is 14.8 Å². The first-order chi connectivity index (χ1) is 13.2. The Kier molecular flexibility index (Phi) is 6.65. The number of nitrogens with one attached hydrogen (secondary N) is 1. The maximum absolute atomic E-state index is 11.8. The molecule has 1 heterocycles. The van der Waals surface area contributed by atoms with Gasteiger partial charge in [0.15, 0.2) is 5.13 Å². The van der Waals surface area contributed by atoms with Gasteiger partial charge in [-0.05, 0) is 36.4 Å². The Labute approximate surface area is 161 Å². The Balaban J connectivity index is 1.37. The second-order valence-electron chi connectivity index (χ2n) is 5.57. The second-order valence-corrected chi connectivity index (χ2v) is 6.43. The van der Waals surface area contributed by atoms with Crippen LogP contribution in [0, 0.1) is 0 Å². The summed E-state index contributed by atoms with van der Waals surface area (Å²) >= 11 is 1.47. The molecule has 0 bridgehead atoms. The third-order valence-electron chi connectivity index (χ3n) is 3.59. The molecule has 0 radical (unpaired) electrons. The molecule has 0 aliphatic carbocycles. The fourth-order valence-electron chi connectivity index (χ4n) is 2.23. The molecule has 0 unspecified atom stereocenters.